The molecule has 0 spiro atoms. The lowest BCUT2D eigenvalue weighted by molar-refractivity contribution is -0.150. The van der Waals surface area contributed by atoms with Gasteiger partial charge in [-0.3, -0.25) is 9.59 Å². The maximum absolute atomic E-state index is 14.0. The Labute approximate surface area is 243 Å². The van der Waals surface area contributed by atoms with E-state index in [0.717, 1.165) is 32.1 Å². The van der Waals surface area contributed by atoms with Gasteiger partial charge in [-0.05, 0) is 38.0 Å². The van der Waals surface area contributed by atoms with E-state index >= 15 is 0 Å². The Morgan fingerprint density at radius 1 is 1.07 bits per heavy atom. The van der Waals surface area contributed by atoms with Crippen molar-refractivity contribution in [3.63, 3.8) is 0 Å². The molecular formula is C29H43N5O6S. The van der Waals surface area contributed by atoms with Gasteiger partial charge in [0.2, 0.25) is 10.0 Å². The first-order chi connectivity index (χ1) is 19.6. The predicted molar refractivity (Wildman–Crippen MR) is 159 cm³/mol. The molecule has 1 aromatic carbocycles. The van der Waals surface area contributed by atoms with Gasteiger partial charge in [0.05, 0.1) is 23.4 Å². The fraction of sp³-hybridized carbons (Fsp3) is 0.621. The highest BCUT2D eigenvalue weighted by Crippen LogP contribution is 2.37. The molecule has 3 rings (SSSR count). The van der Waals surface area contributed by atoms with E-state index < -0.39 is 39.5 Å². The molecule has 2 aliphatic heterocycles. The van der Waals surface area contributed by atoms with Crippen molar-refractivity contribution >= 4 is 39.9 Å². The van der Waals surface area contributed by atoms with E-state index in [4.69, 9.17) is 14.5 Å². The van der Waals surface area contributed by atoms with Gasteiger partial charge in [-0.2, -0.15) is 9.30 Å². The van der Waals surface area contributed by atoms with Crippen LogP contribution in [0.3, 0.4) is 0 Å². The first-order valence-corrected chi connectivity index (χ1v) is 16.0. The Bertz CT molecular complexity index is 1300. The number of ether oxygens (including phenoxy) is 2. The summed E-state index contributed by atoms with van der Waals surface area (Å²) < 4.78 is 39.5. The van der Waals surface area contributed by atoms with Crippen LogP contribution >= 0.6 is 0 Å². The minimum Gasteiger partial charge on any atom is -0.493 e. The third-order valence-corrected chi connectivity index (χ3v) is 9.47. The lowest BCUT2D eigenvalue weighted by atomic mass is 9.75. The van der Waals surface area contributed by atoms with E-state index in [0.29, 0.717) is 31.9 Å². The molecule has 226 valence electrons. The third kappa shape index (κ3) is 6.86. The van der Waals surface area contributed by atoms with Crippen LogP contribution in [0.2, 0.25) is 0 Å². The average Bonchev–Trinajstić information content (AvgIpc) is 3.37. The van der Waals surface area contributed by atoms with Gasteiger partial charge < -0.3 is 14.8 Å². The summed E-state index contributed by atoms with van der Waals surface area (Å²) in [5.74, 6) is -0.866. The zero-order chi connectivity index (χ0) is 30.2. The van der Waals surface area contributed by atoms with Crippen molar-refractivity contribution < 1.29 is 27.5 Å². The minimum absolute atomic E-state index is 0.0223. The first-order valence-electron chi connectivity index (χ1n) is 14.5. The van der Waals surface area contributed by atoms with Crippen LogP contribution in [0.15, 0.2) is 38.1 Å². The van der Waals surface area contributed by atoms with Crippen molar-refractivity contribution in [3.05, 3.63) is 23.8 Å². The highest BCUT2D eigenvalue weighted by atomic mass is 32.2. The first kappa shape index (κ1) is 32.4. The summed E-state index contributed by atoms with van der Waals surface area (Å²) in [7, 11) is -3.80. The van der Waals surface area contributed by atoms with Crippen LogP contribution in [0.4, 0.5) is 0 Å². The van der Waals surface area contributed by atoms with Crippen molar-refractivity contribution in [1.29, 1.82) is 0 Å². The van der Waals surface area contributed by atoms with Crippen LogP contribution in [-0.4, -0.2) is 73.9 Å². The maximum Gasteiger partial charge on any atom is 0.302 e. The van der Waals surface area contributed by atoms with Gasteiger partial charge in [0.25, 0.3) is 5.91 Å². The number of carbonyl (C=O) groups is 2. The zero-order valence-electron chi connectivity index (χ0n) is 25.0. The fourth-order valence-corrected chi connectivity index (χ4v) is 6.82. The fourth-order valence-electron chi connectivity index (χ4n) is 5.33. The largest absolute Gasteiger partial charge is 0.493 e. The number of hydrogen-bond acceptors (Lipinski definition) is 9. The van der Waals surface area contributed by atoms with Crippen molar-refractivity contribution in [3.8, 4) is 5.75 Å². The summed E-state index contributed by atoms with van der Waals surface area (Å²) in [5, 5.41) is 3.10. The SMILES string of the molecule is CCCCCCC(C(C)OC(C)=O)C12NC=NC1=NC(c1cc(S(=O)(=O)N(CC)CC)ccc1OCCC)=NC2=O. The number of carbonyl (C=O) groups excluding carboxylic acids is 2. The predicted octanol–water partition coefficient (Wildman–Crippen LogP) is 4.10. The minimum atomic E-state index is -3.80. The molecule has 0 saturated heterocycles. The van der Waals surface area contributed by atoms with Gasteiger partial charge in [0.1, 0.15) is 11.9 Å². The van der Waals surface area contributed by atoms with E-state index in [1.54, 1.807) is 26.8 Å². The molecule has 2 aliphatic rings. The maximum atomic E-state index is 14.0. The molecule has 3 atom stereocenters. The molecule has 0 radical (unpaired) electrons. The number of amides is 1. The Kier molecular flexibility index (Phi) is 11.2. The summed E-state index contributed by atoms with van der Waals surface area (Å²) >= 11 is 0. The second-order valence-corrected chi connectivity index (χ2v) is 12.2. The quantitative estimate of drug-likeness (QED) is 0.226. The molecule has 11 nitrogen and oxygen atoms in total. The molecular weight excluding hydrogens is 546 g/mol. The number of fused-ring (bicyclic) bond motifs is 1. The number of aliphatic imine (C=N–C) groups is 3. The van der Waals surface area contributed by atoms with Gasteiger partial charge in [-0.15, -0.1) is 0 Å². The molecule has 0 aromatic heterocycles. The smallest absolute Gasteiger partial charge is 0.302 e. The molecule has 0 bridgehead atoms. The molecule has 2 heterocycles. The van der Waals surface area contributed by atoms with E-state index in [-0.39, 0.29) is 22.1 Å². The standard InChI is InChI=1S/C29H43N5O6S/c1-7-11-12-13-14-24(20(5)40-21(6)35)29-27(30-19-31-29)32-26(33-28(29)36)23-18-22(15-16-25(23)39-17-8-2)41(37,38)34(9-3)10-4/h15-16,18-20,24H,7-14,17H2,1-6H3,(H,30,31,32,33,36). The Morgan fingerprint density at radius 3 is 2.44 bits per heavy atom. The Morgan fingerprint density at radius 2 is 1.80 bits per heavy atom. The second kappa shape index (κ2) is 14.2. The average molecular weight is 590 g/mol. The van der Waals surface area contributed by atoms with Gasteiger partial charge in [0, 0.05) is 25.9 Å². The summed E-state index contributed by atoms with van der Waals surface area (Å²) in [6, 6.07) is 4.52. The zero-order valence-corrected chi connectivity index (χ0v) is 25.8. The number of unbranched alkanes of at least 4 members (excludes halogenated alkanes) is 3. The van der Waals surface area contributed by atoms with Crippen molar-refractivity contribution in [2.45, 2.75) is 96.6 Å². The second-order valence-electron chi connectivity index (χ2n) is 10.3. The number of rotatable bonds is 16. The summed E-state index contributed by atoms with van der Waals surface area (Å²) in [4.78, 5) is 39.4. The van der Waals surface area contributed by atoms with Crippen molar-refractivity contribution in [2.24, 2.45) is 20.9 Å². The summed E-state index contributed by atoms with van der Waals surface area (Å²) in [5.41, 5.74) is -1.12. The summed E-state index contributed by atoms with van der Waals surface area (Å²) in [6.45, 7) is 11.7. The Hall–Kier alpha value is -3.12. The van der Waals surface area contributed by atoms with Gasteiger partial charge >= 0.3 is 5.97 Å². The molecule has 12 heteroatoms. The molecule has 1 amide bonds. The number of hydrogen-bond donors (Lipinski definition) is 1. The van der Waals surface area contributed by atoms with Crippen LogP contribution < -0.4 is 10.1 Å². The normalized spacial score (nSPS) is 19.7. The summed E-state index contributed by atoms with van der Waals surface area (Å²) in [6.07, 6.45) is 6.03. The van der Waals surface area contributed by atoms with Crippen LogP contribution in [0.1, 0.15) is 85.6 Å². The van der Waals surface area contributed by atoms with Crippen molar-refractivity contribution in [1.82, 2.24) is 9.62 Å². The lowest BCUT2D eigenvalue weighted by Gasteiger charge is -2.39. The number of nitrogens with one attached hydrogen (secondary N) is 1. The van der Waals surface area contributed by atoms with Crippen LogP contribution in [-0.2, 0) is 24.3 Å². The molecule has 0 saturated carbocycles. The number of nitrogens with zero attached hydrogens (tertiary/aromatic N) is 4. The Balaban J connectivity index is 2.10. The van der Waals surface area contributed by atoms with E-state index in [2.05, 4.69) is 22.2 Å². The highest BCUT2D eigenvalue weighted by molar-refractivity contribution is 7.89. The lowest BCUT2D eigenvalue weighted by Crippen LogP contribution is -2.62. The van der Waals surface area contributed by atoms with E-state index in [1.807, 2.05) is 6.92 Å². The third-order valence-electron chi connectivity index (χ3n) is 7.43. The van der Waals surface area contributed by atoms with Gasteiger partial charge in [-0.25, -0.2) is 18.4 Å². The van der Waals surface area contributed by atoms with Gasteiger partial charge in [-0.1, -0.05) is 53.4 Å². The number of esters is 1. The van der Waals surface area contributed by atoms with Crippen LogP contribution in [0.25, 0.3) is 0 Å². The van der Waals surface area contributed by atoms with E-state index in [1.165, 1.54) is 29.7 Å². The van der Waals surface area contributed by atoms with Gasteiger partial charge in [0.15, 0.2) is 17.2 Å². The number of sulfonamides is 1. The molecule has 41 heavy (non-hydrogen) atoms. The molecule has 3 unspecified atom stereocenters. The van der Waals surface area contributed by atoms with E-state index in [9.17, 15) is 18.0 Å². The topological polar surface area (TPSA) is 139 Å². The monoisotopic (exact) mass is 589 g/mol. The molecule has 0 fully saturated rings. The van der Waals surface area contributed by atoms with Crippen molar-refractivity contribution in [2.75, 3.05) is 19.7 Å². The molecule has 0 aliphatic carbocycles. The highest BCUT2D eigenvalue weighted by Gasteiger charge is 2.56. The molecule has 1 aromatic rings. The number of benzene rings is 1. The van der Waals surface area contributed by atoms with Crippen LogP contribution in [0.5, 0.6) is 5.75 Å². The van der Waals surface area contributed by atoms with Crippen LogP contribution in [0, 0.1) is 5.92 Å². The molecule has 1 N–H and O–H groups in total. The number of amidine groups is 2.